The normalized spacial score (nSPS) is 18.5. The molecule has 1 aromatic carbocycles. The van der Waals surface area contributed by atoms with E-state index in [2.05, 4.69) is 6.58 Å². The Hall–Kier alpha value is -3.16. The first-order valence-corrected chi connectivity index (χ1v) is 13.6. The molecule has 4 N–H and O–H groups in total. The lowest BCUT2D eigenvalue weighted by atomic mass is 9.81. The molecule has 0 saturated heterocycles. The van der Waals surface area contributed by atoms with Gasteiger partial charge >= 0.3 is 6.09 Å². The summed E-state index contributed by atoms with van der Waals surface area (Å²) < 4.78 is 5.36. The van der Waals surface area contributed by atoms with Crippen LogP contribution < -0.4 is 10.6 Å². The summed E-state index contributed by atoms with van der Waals surface area (Å²) in [5, 5.41) is 22.0. The Kier molecular flexibility index (Phi) is 14.5. The Balaban J connectivity index is 2.80. The lowest BCUT2D eigenvalue weighted by molar-refractivity contribution is -0.113. The van der Waals surface area contributed by atoms with Gasteiger partial charge in [-0.15, -0.1) is 0 Å². The number of nitrogens with zero attached hydrogens (tertiary/aromatic N) is 1. The number of amides is 2. The van der Waals surface area contributed by atoms with E-state index in [0.717, 1.165) is 11.3 Å². The number of aliphatic hydroxyl groups excluding tert-OH is 2. The molecule has 8 unspecified atom stereocenters. The van der Waals surface area contributed by atoms with Crippen molar-refractivity contribution in [3.05, 3.63) is 78.9 Å². The zero-order valence-electron chi connectivity index (χ0n) is 24.5. The average molecular weight is 541 g/mol. The number of allylic oxidation sites excluding steroid dienone is 3. The molecule has 0 aliphatic heterocycles. The van der Waals surface area contributed by atoms with Gasteiger partial charge in [-0.05, 0) is 37.5 Å². The van der Waals surface area contributed by atoms with Gasteiger partial charge < -0.3 is 25.6 Å². The SMILES string of the molecule is C=CC=CC(C)C(OC(N)=O)C(C)C(O)C(C)CC(C)=CC(C)C(O)C(C)C=CC(=O)N(C)c1ccccc1. The summed E-state index contributed by atoms with van der Waals surface area (Å²) in [5.41, 5.74) is 7.13. The van der Waals surface area contributed by atoms with E-state index in [1.165, 1.54) is 6.08 Å². The minimum Gasteiger partial charge on any atom is -0.445 e. The Bertz CT molecular complexity index is 1000. The second-order valence-corrected chi connectivity index (χ2v) is 10.7. The van der Waals surface area contributed by atoms with E-state index in [1.54, 1.807) is 30.2 Å². The zero-order chi connectivity index (χ0) is 29.7. The van der Waals surface area contributed by atoms with Gasteiger partial charge in [0.25, 0.3) is 0 Å². The second kappa shape index (κ2) is 16.7. The summed E-state index contributed by atoms with van der Waals surface area (Å²) in [6.45, 7) is 15.2. The highest BCUT2D eigenvalue weighted by Gasteiger charge is 2.33. The lowest BCUT2D eigenvalue weighted by Crippen LogP contribution is -2.41. The van der Waals surface area contributed by atoms with Crippen molar-refractivity contribution in [2.24, 2.45) is 35.3 Å². The highest BCUT2D eigenvalue weighted by Crippen LogP contribution is 2.29. The molecule has 0 aliphatic rings. The number of primary amides is 1. The van der Waals surface area contributed by atoms with Gasteiger partial charge in [0, 0.05) is 36.4 Å². The van der Waals surface area contributed by atoms with Gasteiger partial charge in [-0.2, -0.15) is 0 Å². The molecule has 0 aromatic heterocycles. The Labute approximate surface area is 234 Å². The topological polar surface area (TPSA) is 113 Å². The van der Waals surface area contributed by atoms with Crippen molar-refractivity contribution in [3.63, 3.8) is 0 Å². The number of carbonyl (C=O) groups is 2. The average Bonchev–Trinajstić information content (AvgIpc) is 2.91. The summed E-state index contributed by atoms with van der Waals surface area (Å²) in [4.78, 5) is 25.6. The third kappa shape index (κ3) is 11.2. The van der Waals surface area contributed by atoms with Crippen molar-refractivity contribution in [2.75, 3.05) is 11.9 Å². The number of rotatable bonds is 15. The maximum absolute atomic E-state index is 12.5. The van der Waals surface area contributed by atoms with E-state index in [0.29, 0.717) is 6.42 Å². The minimum absolute atomic E-state index is 0.126. The molecule has 1 rings (SSSR count). The number of hydrogen-bond acceptors (Lipinski definition) is 5. The fourth-order valence-electron chi connectivity index (χ4n) is 4.86. The third-order valence-corrected chi connectivity index (χ3v) is 7.25. The van der Waals surface area contributed by atoms with Gasteiger partial charge in [0.05, 0.1) is 12.2 Å². The Morgan fingerprint density at radius 3 is 2.18 bits per heavy atom. The van der Waals surface area contributed by atoms with Gasteiger partial charge in [-0.1, -0.05) is 95.3 Å². The standard InChI is InChI=1S/C32H48N2O5/c1-9-10-14-23(4)31(39-32(33)38)26(7)30(37)25(6)20-21(2)19-24(5)29(36)22(3)17-18-28(35)34(8)27-15-12-11-13-16-27/h9-19,22-26,29-31,36-37H,1,20H2,2-8H3,(H2,33,38). The number of carbonyl (C=O) groups excluding carboxylic acids is 2. The van der Waals surface area contributed by atoms with Crippen molar-refractivity contribution >= 4 is 17.7 Å². The minimum atomic E-state index is -0.874. The first kappa shape index (κ1) is 33.9. The Morgan fingerprint density at radius 1 is 1.00 bits per heavy atom. The maximum Gasteiger partial charge on any atom is 0.404 e. The van der Waals surface area contributed by atoms with Crippen LogP contribution in [0.1, 0.15) is 48.0 Å². The quantitative estimate of drug-likeness (QED) is 0.151. The highest BCUT2D eigenvalue weighted by molar-refractivity contribution is 6.00. The number of benzene rings is 1. The first-order chi connectivity index (χ1) is 18.3. The molecule has 0 saturated carbocycles. The van der Waals surface area contributed by atoms with Crippen LogP contribution in [0.3, 0.4) is 0 Å². The van der Waals surface area contributed by atoms with Gasteiger partial charge in [0.15, 0.2) is 0 Å². The van der Waals surface area contributed by atoms with Crippen LogP contribution in [0.25, 0.3) is 0 Å². The van der Waals surface area contributed by atoms with Crippen LogP contribution in [0.15, 0.2) is 78.9 Å². The number of likely N-dealkylation sites (N-methyl/N-ethyl adjacent to an activating group) is 1. The molecule has 0 heterocycles. The summed E-state index contributed by atoms with van der Waals surface area (Å²) in [5.74, 6) is -1.21. The van der Waals surface area contributed by atoms with Crippen LogP contribution in [-0.2, 0) is 9.53 Å². The van der Waals surface area contributed by atoms with Gasteiger partial charge in [0.1, 0.15) is 6.10 Å². The van der Waals surface area contributed by atoms with Crippen molar-refractivity contribution in [3.8, 4) is 0 Å². The molecule has 8 atom stereocenters. The molecule has 1 aromatic rings. The van der Waals surface area contributed by atoms with Gasteiger partial charge in [0.2, 0.25) is 5.91 Å². The lowest BCUT2D eigenvalue weighted by Gasteiger charge is -2.33. The molecule has 7 nitrogen and oxygen atoms in total. The third-order valence-electron chi connectivity index (χ3n) is 7.25. The van der Waals surface area contributed by atoms with Crippen LogP contribution in [0.2, 0.25) is 0 Å². The number of aliphatic hydroxyl groups is 2. The Morgan fingerprint density at radius 2 is 1.62 bits per heavy atom. The van der Waals surface area contributed by atoms with E-state index in [-0.39, 0.29) is 35.5 Å². The molecule has 0 spiro atoms. The van der Waals surface area contributed by atoms with Crippen LogP contribution in [-0.4, -0.2) is 47.6 Å². The van der Waals surface area contributed by atoms with Crippen molar-refractivity contribution < 1.29 is 24.5 Å². The molecule has 7 heteroatoms. The summed E-state index contributed by atoms with van der Waals surface area (Å²) >= 11 is 0. The van der Waals surface area contributed by atoms with Crippen molar-refractivity contribution in [2.45, 2.75) is 66.3 Å². The molecular weight excluding hydrogens is 492 g/mol. The summed E-state index contributed by atoms with van der Waals surface area (Å²) in [7, 11) is 1.72. The molecule has 0 fully saturated rings. The van der Waals surface area contributed by atoms with E-state index >= 15 is 0 Å². The maximum atomic E-state index is 12.5. The van der Waals surface area contributed by atoms with Crippen LogP contribution >= 0.6 is 0 Å². The van der Waals surface area contributed by atoms with Gasteiger partial charge in [-0.25, -0.2) is 4.79 Å². The fourth-order valence-corrected chi connectivity index (χ4v) is 4.86. The van der Waals surface area contributed by atoms with E-state index in [1.807, 2.05) is 84.0 Å². The summed E-state index contributed by atoms with van der Waals surface area (Å²) in [6, 6.07) is 9.38. The van der Waals surface area contributed by atoms with E-state index < -0.39 is 24.4 Å². The molecule has 2 amide bonds. The molecule has 0 aliphatic carbocycles. The summed E-state index contributed by atoms with van der Waals surface area (Å²) in [6.07, 6.45) is 8.25. The van der Waals surface area contributed by atoms with Crippen LogP contribution in [0.4, 0.5) is 10.5 Å². The predicted molar refractivity (Wildman–Crippen MR) is 159 cm³/mol. The number of anilines is 1. The smallest absolute Gasteiger partial charge is 0.404 e. The second-order valence-electron chi connectivity index (χ2n) is 10.7. The van der Waals surface area contributed by atoms with Crippen LogP contribution in [0.5, 0.6) is 0 Å². The van der Waals surface area contributed by atoms with E-state index in [4.69, 9.17) is 10.5 Å². The van der Waals surface area contributed by atoms with Crippen molar-refractivity contribution in [1.29, 1.82) is 0 Å². The molecular formula is C32H48N2O5. The first-order valence-electron chi connectivity index (χ1n) is 13.6. The number of hydrogen-bond donors (Lipinski definition) is 3. The number of para-hydroxylation sites is 1. The molecule has 39 heavy (non-hydrogen) atoms. The van der Waals surface area contributed by atoms with E-state index in [9.17, 15) is 19.8 Å². The molecule has 216 valence electrons. The predicted octanol–water partition coefficient (Wildman–Crippen LogP) is 5.65. The number of ether oxygens (including phenoxy) is 1. The highest BCUT2D eigenvalue weighted by atomic mass is 16.6. The monoisotopic (exact) mass is 540 g/mol. The van der Waals surface area contributed by atoms with Crippen molar-refractivity contribution in [1.82, 2.24) is 0 Å². The fraction of sp³-hybridized carbons (Fsp3) is 0.500. The molecule has 0 radical (unpaired) electrons. The molecule has 0 bridgehead atoms. The number of nitrogens with two attached hydrogens (primary N) is 1. The zero-order valence-corrected chi connectivity index (χ0v) is 24.5. The van der Waals surface area contributed by atoms with Gasteiger partial charge in [-0.3, -0.25) is 4.79 Å². The van der Waals surface area contributed by atoms with Crippen LogP contribution in [0, 0.1) is 29.6 Å². The largest absolute Gasteiger partial charge is 0.445 e.